The highest BCUT2D eigenvalue weighted by Gasteiger charge is 2.34. The van der Waals surface area contributed by atoms with Gasteiger partial charge in [0.1, 0.15) is 5.82 Å². The van der Waals surface area contributed by atoms with E-state index in [1.54, 1.807) is 21.0 Å². The third kappa shape index (κ3) is 3.30. The molecule has 0 aromatic heterocycles. The second-order valence-corrected chi connectivity index (χ2v) is 7.75. The second-order valence-electron chi connectivity index (χ2n) is 5.84. The number of amides is 1. The van der Waals surface area contributed by atoms with Crippen LogP contribution in [0.25, 0.3) is 0 Å². The van der Waals surface area contributed by atoms with Gasteiger partial charge < -0.3 is 4.90 Å². The maximum Gasteiger partial charge on any atom is 0.243 e. The first kappa shape index (κ1) is 16.9. The zero-order chi connectivity index (χ0) is 16.5. The maximum atomic E-state index is 13.2. The molecular weight excluding hydrogens is 307 g/mol. The van der Waals surface area contributed by atoms with E-state index in [1.165, 1.54) is 21.3 Å². The molecular formula is C15H21FN2O3S. The number of aryl methyl sites for hydroxylation is 1. The van der Waals surface area contributed by atoms with Gasteiger partial charge in [-0.2, -0.15) is 4.31 Å². The van der Waals surface area contributed by atoms with Crippen LogP contribution >= 0.6 is 0 Å². The number of sulfonamides is 1. The third-order valence-corrected chi connectivity index (χ3v) is 5.95. The first-order chi connectivity index (χ1) is 10.2. The van der Waals surface area contributed by atoms with E-state index in [4.69, 9.17) is 0 Å². The summed E-state index contributed by atoms with van der Waals surface area (Å²) in [6, 6.07) is 3.64. The van der Waals surface area contributed by atoms with Gasteiger partial charge in [-0.05, 0) is 43.5 Å². The molecule has 1 amide bonds. The van der Waals surface area contributed by atoms with Crippen LogP contribution in [-0.2, 0) is 14.8 Å². The normalized spacial score (nSPS) is 19.9. The number of hydrogen-bond donors (Lipinski definition) is 0. The third-order valence-electron chi connectivity index (χ3n) is 3.93. The maximum absolute atomic E-state index is 13.2. The minimum atomic E-state index is -3.71. The summed E-state index contributed by atoms with van der Waals surface area (Å²) in [5.41, 5.74) is 0.376. The smallest absolute Gasteiger partial charge is 0.243 e. The van der Waals surface area contributed by atoms with Crippen LogP contribution in [0, 0.1) is 18.7 Å². The fourth-order valence-electron chi connectivity index (χ4n) is 2.77. The molecule has 1 saturated heterocycles. The monoisotopic (exact) mass is 328 g/mol. The van der Waals surface area contributed by atoms with Gasteiger partial charge in [-0.1, -0.05) is 0 Å². The van der Waals surface area contributed by atoms with Crippen molar-refractivity contribution >= 4 is 15.9 Å². The van der Waals surface area contributed by atoms with Crippen molar-refractivity contribution in [1.29, 1.82) is 0 Å². The van der Waals surface area contributed by atoms with Crippen LogP contribution < -0.4 is 0 Å². The van der Waals surface area contributed by atoms with Gasteiger partial charge in [0.25, 0.3) is 0 Å². The Balaban J connectivity index is 2.27. The summed E-state index contributed by atoms with van der Waals surface area (Å²) < 4.78 is 40.0. The van der Waals surface area contributed by atoms with E-state index in [0.29, 0.717) is 24.9 Å². The zero-order valence-electron chi connectivity index (χ0n) is 13.0. The molecule has 7 heteroatoms. The Kier molecular flexibility index (Phi) is 4.87. The number of carbonyl (C=O) groups is 1. The molecule has 1 aliphatic rings. The lowest BCUT2D eigenvalue weighted by Crippen LogP contribution is -2.45. The Hall–Kier alpha value is -1.47. The van der Waals surface area contributed by atoms with Gasteiger partial charge in [0.15, 0.2) is 0 Å². The molecule has 1 heterocycles. The van der Waals surface area contributed by atoms with Crippen LogP contribution in [-0.4, -0.2) is 50.7 Å². The summed E-state index contributed by atoms with van der Waals surface area (Å²) in [7, 11) is -0.373. The van der Waals surface area contributed by atoms with Crippen molar-refractivity contribution in [2.75, 3.05) is 27.2 Å². The molecule has 1 fully saturated rings. The fraction of sp³-hybridized carbons (Fsp3) is 0.533. The summed E-state index contributed by atoms with van der Waals surface area (Å²) in [6.07, 6.45) is 1.33. The number of halogens is 1. The van der Waals surface area contributed by atoms with E-state index >= 15 is 0 Å². The van der Waals surface area contributed by atoms with Gasteiger partial charge in [0.2, 0.25) is 15.9 Å². The van der Waals surface area contributed by atoms with Crippen molar-refractivity contribution in [3.63, 3.8) is 0 Å². The number of benzene rings is 1. The Morgan fingerprint density at radius 3 is 2.64 bits per heavy atom. The van der Waals surface area contributed by atoms with Crippen LogP contribution in [0.15, 0.2) is 23.1 Å². The van der Waals surface area contributed by atoms with Gasteiger partial charge in [-0.3, -0.25) is 4.79 Å². The lowest BCUT2D eigenvalue weighted by molar-refractivity contribution is -0.134. The molecule has 1 aliphatic heterocycles. The average molecular weight is 328 g/mol. The minimum absolute atomic E-state index is 0.0595. The number of rotatable bonds is 3. The standard InChI is InChI=1S/C15H21FN2O3S/c1-11-9-13(16)6-7-14(11)22(20,21)18-8-4-5-12(10-18)15(19)17(2)3/h6-7,9,12H,4-5,8,10H2,1-3H3/t12-/m1/s1. The fourth-order valence-corrected chi connectivity index (χ4v) is 4.50. The van der Waals surface area contributed by atoms with Crippen LogP contribution in [0.3, 0.4) is 0 Å². The number of piperidine rings is 1. The molecule has 0 N–H and O–H groups in total. The summed E-state index contributed by atoms with van der Waals surface area (Å²) in [4.78, 5) is 13.7. The molecule has 5 nitrogen and oxygen atoms in total. The Bertz CT molecular complexity index is 673. The highest BCUT2D eigenvalue weighted by atomic mass is 32.2. The van der Waals surface area contributed by atoms with E-state index in [0.717, 1.165) is 6.07 Å². The average Bonchev–Trinajstić information content (AvgIpc) is 2.46. The van der Waals surface area contributed by atoms with Crippen molar-refractivity contribution in [3.05, 3.63) is 29.6 Å². The topological polar surface area (TPSA) is 57.7 Å². The van der Waals surface area contributed by atoms with Crippen molar-refractivity contribution in [2.24, 2.45) is 5.92 Å². The van der Waals surface area contributed by atoms with E-state index < -0.39 is 15.8 Å². The van der Waals surface area contributed by atoms with Gasteiger partial charge in [-0.15, -0.1) is 0 Å². The first-order valence-corrected chi connectivity index (χ1v) is 8.65. The SMILES string of the molecule is Cc1cc(F)ccc1S(=O)(=O)N1CCC[C@@H](C(=O)N(C)C)C1. The van der Waals surface area contributed by atoms with Gasteiger partial charge in [-0.25, -0.2) is 12.8 Å². The predicted octanol–water partition coefficient (Wildman–Crippen LogP) is 1.62. The lowest BCUT2D eigenvalue weighted by Gasteiger charge is -2.32. The molecule has 1 atom stereocenters. The van der Waals surface area contributed by atoms with Crippen LogP contribution in [0.5, 0.6) is 0 Å². The molecule has 0 saturated carbocycles. The highest BCUT2D eigenvalue weighted by molar-refractivity contribution is 7.89. The van der Waals surface area contributed by atoms with E-state index in [2.05, 4.69) is 0 Å². The van der Waals surface area contributed by atoms with Crippen molar-refractivity contribution in [3.8, 4) is 0 Å². The van der Waals surface area contributed by atoms with Crippen molar-refractivity contribution in [1.82, 2.24) is 9.21 Å². The summed E-state index contributed by atoms with van der Waals surface area (Å²) in [6.45, 7) is 2.13. The molecule has 0 unspecified atom stereocenters. The Labute approximate surface area is 130 Å². The van der Waals surface area contributed by atoms with Crippen LogP contribution in [0.1, 0.15) is 18.4 Å². The number of hydrogen-bond acceptors (Lipinski definition) is 3. The molecule has 1 aromatic rings. The van der Waals surface area contributed by atoms with Crippen LogP contribution in [0.4, 0.5) is 4.39 Å². The Morgan fingerprint density at radius 2 is 2.05 bits per heavy atom. The molecule has 0 spiro atoms. The molecule has 122 valence electrons. The van der Waals surface area contributed by atoms with Crippen molar-refractivity contribution < 1.29 is 17.6 Å². The summed E-state index contributed by atoms with van der Waals surface area (Å²) in [5, 5.41) is 0. The van der Waals surface area contributed by atoms with Crippen molar-refractivity contribution in [2.45, 2.75) is 24.7 Å². The molecule has 1 aromatic carbocycles. The predicted molar refractivity (Wildman–Crippen MR) is 81.3 cm³/mol. The number of carbonyl (C=O) groups excluding carboxylic acids is 1. The summed E-state index contributed by atoms with van der Waals surface area (Å²) >= 11 is 0. The van der Waals surface area contributed by atoms with Crippen LogP contribution in [0.2, 0.25) is 0 Å². The quantitative estimate of drug-likeness (QED) is 0.847. The van der Waals surface area contributed by atoms with E-state index in [-0.39, 0.29) is 23.3 Å². The zero-order valence-corrected chi connectivity index (χ0v) is 13.9. The Morgan fingerprint density at radius 1 is 1.36 bits per heavy atom. The van der Waals surface area contributed by atoms with E-state index in [9.17, 15) is 17.6 Å². The molecule has 22 heavy (non-hydrogen) atoms. The van der Waals surface area contributed by atoms with E-state index in [1.807, 2.05) is 0 Å². The lowest BCUT2D eigenvalue weighted by atomic mass is 9.98. The molecule has 0 radical (unpaired) electrons. The minimum Gasteiger partial charge on any atom is -0.349 e. The highest BCUT2D eigenvalue weighted by Crippen LogP contribution is 2.26. The number of nitrogens with zero attached hydrogens (tertiary/aromatic N) is 2. The molecule has 0 aliphatic carbocycles. The molecule has 2 rings (SSSR count). The van der Waals surface area contributed by atoms with Gasteiger partial charge in [0, 0.05) is 27.2 Å². The van der Waals surface area contributed by atoms with Gasteiger partial charge in [0.05, 0.1) is 10.8 Å². The second kappa shape index (κ2) is 6.34. The summed E-state index contributed by atoms with van der Waals surface area (Å²) in [5.74, 6) is -0.842. The largest absolute Gasteiger partial charge is 0.349 e. The first-order valence-electron chi connectivity index (χ1n) is 7.21. The van der Waals surface area contributed by atoms with Gasteiger partial charge >= 0.3 is 0 Å². The molecule has 0 bridgehead atoms.